The second-order valence-electron chi connectivity index (χ2n) is 5.80. The van der Waals surface area contributed by atoms with Gasteiger partial charge >= 0.3 is 11.8 Å². The Morgan fingerprint density at radius 2 is 1.77 bits per heavy atom. The van der Waals surface area contributed by atoms with Gasteiger partial charge in [-0.05, 0) is 30.4 Å². The van der Waals surface area contributed by atoms with E-state index in [0.29, 0.717) is 25.4 Å². The number of benzene rings is 1. The standard InChI is InChI=1S/C17H23N3O2/c1-12(2)7-9-18-16(21)17(22)19-10-8-13-11-20-15-6-4-3-5-14(13)15/h3-6,11-12,20H,7-10H2,1-2H3,(H,18,21)(H,19,22). The van der Waals surface area contributed by atoms with Crippen molar-refractivity contribution in [3.8, 4) is 0 Å². The molecule has 0 atom stereocenters. The van der Waals surface area contributed by atoms with Crippen molar-refractivity contribution in [1.29, 1.82) is 0 Å². The molecule has 0 fully saturated rings. The Morgan fingerprint density at radius 3 is 2.50 bits per heavy atom. The summed E-state index contributed by atoms with van der Waals surface area (Å²) >= 11 is 0. The Hall–Kier alpha value is -2.30. The third-order valence-electron chi connectivity index (χ3n) is 3.57. The number of amides is 2. The van der Waals surface area contributed by atoms with E-state index in [1.54, 1.807) is 0 Å². The molecule has 5 heteroatoms. The lowest BCUT2D eigenvalue weighted by Crippen LogP contribution is -2.41. The predicted molar refractivity (Wildman–Crippen MR) is 87.5 cm³/mol. The highest BCUT2D eigenvalue weighted by Crippen LogP contribution is 2.17. The molecule has 0 aliphatic rings. The van der Waals surface area contributed by atoms with E-state index in [0.717, 1.165) is 22.9 Å². The van der Waals surface area contributed by atoms with Gasteiger partial charge in [0.15, 0.2) is 0 Å². The summed E-state index contributed by atoms with van der Waals surface area (Å²) in [5, 5.41) is 6.44. The molecule has 0 radical (unpaired) electrons. The van der Waals surface area contributed by atoms with E-state index in [9.17, 15) is 9.59 Å². The number of aromatic amines is 1. The number of para-hydroxylation sites is 1. The van der Waals surface area contributed by atoms with Crippen LogP contribution in [0.25, 0.3) is 10.9 Å². The van der Waals surface area contributed by atoms with Crippen LogP contribution in [0.4, 0.5) is 0 Å². The average molecular weight is 301 g/mol. The molecule has 118 valence electrons. The highest BCUT2D eigenvalue weighted by atomic mass is 16.2. The first-order valence-electron chi connectivity index (χ1n) is 7.69. The SMILES string of the molecule is CC(C)CCNC(=O)C(=O)NCCc1c[nH]c2ccccc12. The molecule has 2 amide bonds. The van der Waals surface area contributed by atoms with Crippen molar-refractivity contribution < 1.29 is 9.59 Å². The highest BCUT2D eigenvalue weighted by Gasteiger charge is 2.12. The number of aromatic nitrogens is 1. The maximum Gasteiger partial charge on any atom is 0.309 e. The first kappa shape index (κ1) is 16.1. The lowest BCUT2D eigenvalue weighted by molar-refractivity contribution is -0.139. The third kappa shape index (κ3) is 4.35. The van der Waals surface area contributed by atoms with Crippen LogP contribution in [0.1, 0.15) is 25.8 Å². The van der Waals surface area contributed by atoms with Crippen molar-refractivity contribution in [2.24, 2.45) is 5.92 Å². The van der Waals surface area contributed by atoms with Gasteiger partial charge in [0.25, 0.3) is 0 Å². The molecule has 0 aliphatic carbocycles. The van der Waals surface area contributed by atoms with Gasteiger partial charge in [0.1, 0.15) is 0 Å². The molecule has 1 aromatic carbocycles. The van der Waals surface area contributed by atoms with Gasteiger partial charge in [0.05, 0.1) is 0 Å². The number of H-pyrrole nitrogens is 1. The largest absolute Gasteiger partial charge is 0.361 e. The van der Waals surface area contributed by atoms with E-state index in [-0.39, 0.29) is 0 Å². The smallest absolute Gasteiger partial charge is 0.309 e. The topological polar surface area (TPSA) is 74.0 Å². The number of nitrogens with one attached hydrogen (secondary N) is 3. The molecule has 2 rings (SSSR count). The zero-order valence-corrected chi connectivity index (χ0v) is 13.1. The summed E-state index contributed by atoms with van der Waals surface area (Å²) in [6.07, 6.45) is 3.50. The summed E-state index contributed by atoms with van der Waals surface area (Å²) in [4.78, 5) is 26.5. The maximum atomic E-state index is 11.7. The first-order valence-corrected chi connectivity index (χ1v) is 7.69. The van der Waals surface area contributed by atoms with Crippen LogP contribution in [0, 0.1) is 5.92 Å². The number of hydrogen-bond donors (Lipinski definition) is 3. The van der Waals surface area contributed by atoms with Crippen molar-refractivity contribution in [2.75, 3.05) is 13.1 Å². The van der Waals surface area contributed by atoms with Crippen molar-refractivity contribution in [1.82, 2.24) is 15.6 Å². The number of hydrogen-bond acceptors (Lipinski definition) is 2. The van der Waals surface area contributed by atoms with Gasteiger partial charge in [-0.2, -0.15) is 0 Å². The fourth-order valence-electron chi connectivity index (χ4n) is 2.28. The fourth-order valence-corrected chi connectivity index (χ4v) is 2.28. The quantitative estimate of drug-likeness (QED) is 0.714. The minimum absolute atomic E-state index is 0.443. The van der Waals surface area contributed by atoms with Gasteiger partial charge < -0.3 is 15.6 Å². The van der Waals surface area contributed by atoms with E-state index in [1.807, 2.05) is 30.5 Å². The van der Waals surface area contributed by atoms with Gasteiger partial charge in [0.2, 0.25) is 0 Å². The van der Waals surface area contributed by atoms with Crippen LogP contribution in [0.5, 0.6) is 0 Å². The maximum absolute atomic E-state index is 11.7. The number of fused-ring (bicyclic) bond motifs is 1. The van der Waals surface area contributed by atoms with Crippen molar-refractivity contribution >= 4 is 22.7 Å². The lowest BCUT2D eigenvalue weighted by Gasteiger charge is -2.07. The molecular weight excluding hydrogens is 278 g/mol. The molecule has 0 spiro atoms. The van der Waals surface area contributed by atoms with Crippen molar-refractivity contribution in [3.05, 3.63) is 36.0 Å². The Kier molecular flexibility index (Phi) is 5.58. The molecule has 2 aromatic rings. The minimum atomic E-state index is -0.566. The van der Waals surface area contributed by atoms with E-state index in [1.165, 1.54) is 0 Å². The summed E-state index contributed by atoms with van der Waals surface area (Å²) in [5.74, 6) is -0.617. The molecule has 0 unspecified atom stereocenters. The third-order valence-corrected chi connectivity index (χ3v) is 3.57. The van der Waals surface area contributed by atoms with Crippen LogP contribution in [0.2, 0.25) is 0 Å². The fraction of sp³-hybridized carbons (Fsp3) is 0.412. The Bertz CT molecular complexity index is 646. The molecule has 22 heavy (non-hydrogen) atoms. The van der Waals surface area contributed by atoms with Gasteiger partial charge in [0, 0.05) is 30.2 Å². The van der Waals surface area contributed by atoms with Gasteiger partial charge in [-0.25, -0.2) is 0 Å². The number of carbonyl (C=O) groups is 2. The number of rotatable bonds is 6. The molecule has 5 nitrogen and oxygen atoms in total. The second-order valence-corrected chi connectivity index (χ2v) is 5.80. The molecule has 1 heterocycles. The van der Waals surface area contributed by atoms with Crippen molar-refractivity contribution in [2.45, 2.75) is 26.7 Å². The molecule has 3 N–H and O–H groups in total. The Labute approximate surface area is 130 Å². The van der Waals surface area contributed by atoms with Gasteiger partial charge in [-0.3, -0.25) is 9.59 Å². The van der Waals surface area contributed by atoms with E-state index < -0.39 is 11.8 Å². The molecule has 0 saturated carbocycles. The highest BCUT2D eigenvalue weighted by molar-refractivity contribution is 6.35. The number of carbonyl (C=O) groups excluding carboxylic acids is 2. The second kappa shape index (κ2) is 7.64. The zero-order valence-electron chi connectivity index (χ0n) is 13.1. The van der Waals surface area contributed by atoms with Gasteiger partial charge in [-0.1, -0.05) is 32.0 Å². The van der Waals surface area contributed by atoms with Gasteiger partial charge in [-0.15, -0.1) is 0 Å². The van der Waals surface area contributed by atoms with Crippen LogP contribution < -0.4 is 10.6 Å². The lowest BCUT2D eigenvalue weighted by atomic mass is 10.1. The van der Waals surface area contributed by atoms with Crippen LogP contribution in [-0.2, 0) is 16.0 Å². The van der Waals surface area contributed by atoms with Crippen molar-refractivity contribution in [3.63, 3.8) is 0 Å². The Balaban J connectivity index is 1.76. The Morgan fingerprint density at radius 1 is 1.09 bits per heavy atom. The normalized spacial score (nSPS) is 10.9. The average Bonchev–Trinajstić information content (AvgIpc) is 2.90. The van der Waals surface area contributed by atoms with Crippen LogP contribution in [0.15, 0.2) is 30.5 Å². The minimum Gasteiger partial charge on any atom is -0.361 e. The van der Waals surface area contributed by atoms with E-state index in [4.69, 9.17) is 0 Å². The molecule has 0 saturated heterocycles. The monoisotopic (exact) mass is 301 g/mol. The summed E-state index contributed by atoms with van der Waals surface area (Å²) in [6.45, 7) is 5.13. The molecule has 0 aliphatic heterocycles. The zero-order chi connectivity index (χ0) is 15.9. The summed E-state index contributed by atoms with van der Waals surface area (Å²) in [6, 6.07) is 8.02. The summed E-state index contributed by atoms with van der Waals surface area (Å²) < 4.78 is 0. The van der Waals surface area contributed by atoms with Crippen LogP contribution >= 0.6 is 0 Å². The summed E-state index contributed by atoms with van der Waals surface area (Å²) in [5.41, 5.74) is 2.21. The van der Waals surface area contributed by atoms with E-state index in [2.05, 4.69) is 29.5 Å². The van der Waals surface area contributed by atoms with Crippen LogP contribution in [-0.4, -0.2) is 29.9 Å². The predicted octanol–water partition coefficient (Wildman–Crippen LogP) is 1.99. The molecule has 1 aromatic heterocycles. The summed E-state index contributed by atoms with van der Waals surface area (Å²) in [7, 11) is 0. The molecular formula is C17H23N3O2. The first-order chi connectivity index (χ1) is 10.6. The van der Waals surface area contributed by atoms with Crippen LogP contribution in [0.3, 0.4) is 0 Å². The van der Waals surface area contributed by atoms with E-state index >= 15 is 0 Å². The molecule has 0 bridgehead atoms.